The van der Waals surface area contributed by atoms with Crippen LogP contribution in [0.2, 0.25) is 0 Å². The minimum Gasteiger partial charge on any atom is -0.726 e. The van der Waals surface area contributed by atoms with Crippen LogP contribution >= 0.6 is 0 Å². The Kier molecular flexibility index (Phi) is 12.4. The molecule has 2 saturated heterocycles. The standard InChI is InChI=1S/C20H22O12S2.2Na/c21-33(22,23)31-15-11-27-19(13-7-3-1-4-8-13)29-17(15)18-16(32-34(24,25)26)12-28-20(30-18)14-9-5-2-6-10-14;;/h1-10,15-20H,11-12H2,(H,21,22,23)(H,24,25,26);;/q;2*+1/p-2. The predicted octanol–water partition coefficient (Wildman–Crippen LogP) is -5.09. The first-order valence-electron chi connectivity index (χ1n) is 10.0. The van der Waals surface area contributed by atoms with Crippen LogP contribution in [-0.2, 0) is 48.1 Å². The summed E-state index contributed by atoms with van der Waals surface area (Å²) in [7, 11) is -10.4. The van der Waals surface area contributed by atoms with E-state index in [-0.39, 0.29) is 59.1 Å². The largest absolute Gasteiger partial charge is 1.00 e. The molecule has 12 nitrogen and oxygen atoms in total. The zero-order valence-electron chi connectivity index (χ0n) is 19.4. The van der Waals surface area contributed by atoms with Crippen LogP contribution in [0.5, 0.6) is 0 Å². The third-order valence-electron chi connectivity index (χ3n) is 5.07. The summed E-state index contributed by atoms with van der Waals surface area (Å²) in [5.74, 6) is 0. The Morgan fingerprint density at radius 2 is 0.972 bits per heavy atom. The number of hydrogen-bond acceptors (Lipinski definition) is 12. The first-order valence-corrected chi connectivity index (χ1v) is 12.7. The molecule has 2 aliphatic heterocycles. The topological polar surface area (TPSA) is 170 Å². The van der Waals surface area contributed by atoms with E-state index in [0.717, 1.165) is 0 Å². The van der Waals surface area contributed by atoms with Crippen LogP contribution in [0.1, 0.15) is 23.7 Å². The molecule has 0 aliphatic carbocycles. The first-order chi connectivity index (χ1) is 16.1. The number of benzene rings is 2. The molecule has 186 valence electrons. The predicted molar refractivity (Wildman–Crippen MR) is 109 cm³/mol. The van der Waals surface area contributed by atoms with Gasteiger partial charge in [-0.05, 0) is 0 Å². The van der Waals surface area contributed by atoms with Gasteiger partial charge in [-0.2, -0.15) is 0 Å². The summed E-state index contributed by atoms with van der Waals surface area (Å²) in [5.41, 5.74) is 1.10. The van der Waals surface area contributed by atoms with Crippen LogP contribution in [0.25, 0.3) is 0 Å². The van der Waals surface area contributed by atoms with Gasteiger partial charge in [-0.25, -0.2) is 16.8 Å². The molecule has 16 heteroatoms. The van der Waals surface area contributed by atoms with Crippen molar-refractivity contribution >= 4 is 20.8 Å². The van der Waals surface area contributed by atoms with Gasteiger partial charge in [0, 0.05) is 11.1 Å². The minimum absolute atomic E-state index is 0. The van der Waals surface area contributed by atoms with Gasteiger partial charge in [0.2, 0.25) is 20.8 Å². The third kappa shape index (κ3) is 9.05. The molecule has 0 bridgehead atoms. The molecule has 0 N–H and O–H groups in total. The molecular weight excluding hydrogens is 542 g/mol. The van der Waals surface area contributed by atoms with E-state index in [4.69, 9.17) is 18.9 Å². The average molecular weight is 562 g/mol. The van der Waals surface area contributed by atoms with E-state index in [1.54, 1.807) is 60.7 Å². The van der Waals surface area contributed by atoms with Crippen LogP contribution in [0, 0.1) is 0 Å². The van der Waals surface area contributed by atoms with E-state index >= 15 is 0 Å². The van der Waals surface area contributed by atoms with Gasteiger partial charge in [-0.1, -0.05) is 60.7 Å². The zero-order chi connectivity index (χ0) is 24.3. The van der Waals surface area contributed by atoms with Gasteiger partial charge >= 0.3 is 59.1 Å². The van der Waals surface area contributed by atoms with Gasteiger partial charge in [0.05, 0.1) is 13.2 Å². The second kappa shape index (κ2) is 13.9. The fourth-order valence-electron chi connectivity index (χ4n) is 3.71. The summed E-state index contributed by atoms with van der Waals surface area (Å²) < 4.78 is 100. The Hall–Kier alpha value is 0.0200. The molecule has 6 unspecified atom stereocenters. The number of rotatable bonds is 7. The smallest absolute Gasteiger partial charge is 0.726 e. The SMILES string of the molecule is O=S(=O)([O-])OC1COC(c2ccccc2)OC1C1OC(c2ccccc2)OCC1OS(=O)(=O)[O-].[Na+].[Na+]. The Balaban J connectivity index is 0.00000228. The molecule has 2 aromatic carbocycles. The Bertz CT molecular complexity index is 1070. The van der Waals surface area contributed by atoms with Gasteiger partial charge in [0.25, 0.3) is 0 Å². The molecule has 0 amide bonds. The molecule has 0 aromatic heterocycles. The van der Waals surface area contributed by atoms with Crippen molar-refractivity contribution in [3.63, 3.8) is 0 Å². The van der Waals surface area contributed by atoms with Crippen molar-refractivity contribution in [3.8, 4) is 0 Å². The van der Waals surface area contributed by atoms with Crippen molar-refractivity contribution < 1.29 is 112 Å². The molecule has 36 heavy (non-hydrogen) atoms. The van der Waals surface area contributed by atoms with Gasteiger partial charge < -0.3 is 28.1 Å². The van der Waals surface area contributed by atoms with Crippen LogP contribution in [0.4, 0.5) is 0 Å². The molecule has 0 radical (unpaired) electrons. The molecule has 4 rings (SSSR count). The van der Waals surface area contributed by atoms with E-state index < -0.39 is 71.0 Å². The maximum atomic E-state index is 11.3. The van der Waals surface area contributed by atoms with Crippen molar-refractivity contribution in [1.82, 2.24) is 0 Å². The Morgan fingerprint density at radius 1 is 0.639 bits per heavy atom. The number of ether oxygens (including phenoxy) is 4. The zero-order valence-corrected chi connectivity index (χ0v) is 25.0. The summed E-state index contributed by atoms with van der Waals surface area (Å²) in [6, 6.07) is 17.1. The van der Waals surface area contributed by atoms with Gasteiger partial charge in [-0.15, -0.1) is 0 Å². The van der Waals surface area contributed by atoms with Crippen molar-refractivity contribution in [2.24, 2.45) is 0 Å². The molecule has 2 fully saturated rings. The van der Waals surface area contributed by atoms with Crippen molar-refractivity contribution in [3.05, 3.63) is 71.8 Å². The molecule has 6 atom stereocenters. The third-order valence-corrected chi connectivity index (χ3v) is 6.03. The van der Waals surface area contributed by atoms with Crippen molar-refractivity contribution in [2.45, 2.75) is 37.0 Å². The van der Waals surface area contributed by atoms with E-state index in [0.29, 0.717) is 11.1 Å². The molecule has 0 spiro atoms. The number of hydrogen-bond donors (Lipinski definition) is 0. The average Bonchev–Trinajstić information content (AvgIpc) is 2.79. The van der Waals surface area contributed by atoms with E-state index in [1.807, 2.05) is 0 Å². The second-order valence-electron chi connectivity index (χ2n) is 7.44. The first kappa shape index (κ1) is 32.2. The second-order valence-corrected chi connectivity index (χ2v) is 9.46. The van der Waals surface area contributed by atoms with Crippen LogP contribution in [-0.4, -0.2) is 63.6 Å². The van der Waals surface area contributed by atoms with E-state index in [1.165, 1.54) is 0 Å². The summed E-state index contributed by atoms with van der Waals surface area (Å²) >= 11 is 0. The minimum atomic E-state index is -5.21. The normalized spacial score (nSPS) is 28.9. The molecule has 2 heterocycles. The van der Waals surface area contributed by atoms with Gasteiger partial charge in [0.1, 0.15) is 24.4 Å². The van der Waals surface area contributed by atoms with Crippen LogP contribution in [0.15, 0.2) is 60.7 Å². The summed E-state index contributed by atoms with van der Waals surface area (Å²) in [6.07, 6.45) is -7.92. The summed E-state index contributed by atoms with van der Waals surface area (Å²) in [4.78, 5) is 0. The maximum absolute atomic E-state index is 11.3. The quantitative estimate of drug-likeness (QED) is 0.179. The Labute approximate surface area is 253 Å². The van der Waals surface area contributed by atoms with Gasteiger partial charge in [-0.3, -0.25) is 8.37 Å². The van der Waals surface area contributed by atoms with Crippen LogP contribution < -0.4 is 59.1 Å². The molecule has 2 aliphatic rings. The van der Waals surface area contributed by atoms with Crippen molar-refractivity contribution in [2.75, 3.05) is 13.2 Å². The maximum Gasteiger partial charge on any atom is 1.00 e. The van der Waals surface area contributed by atoms with Gasteiger partial charge in [0.15, 0.2) is 12.6 Å². The monoisotopic (exact) mass is 562 g/mol. The summed E-state index contributed by atoms with van der Waals surface area (Å²) in [6.45, 7) is -0.835. The van der Waals surface area contributed by atoms with Crippen LogP contribution in [0.3, 0.4) is 0 Å². The van der Waals surface area contributed by atoms with E-state index in [9.17, 15) is 25.9 Å². The molecular formula is C20H20Na2O12S2. The van der Waals surface area contributed by atoms with Crippen molar-refractivity contribution in [1.29, 1.82) is 0 Å². The summed E-state index contributed by atoms with van der Waals surface area (Å²) in [5, 5.41) is 0. The molecule has 2 aromatic rings. The molecule has 0 saturated carbocycles. The van der Waals surface area contributed by atoms with E-state index in [2.05, 4.69) is 8.37 Å². The fourth-order valence-corrected chi connectivity index (χ4v) is 4.64. The fraction of sp³-hybridized carbons (Fsp3) is 0.400. The Morgan fingerprint density at radius 3 is 1.28 bits per heavy atom.